The van der Waals surface area contributed by atoms with E-state index in [1.54, 1.807) is 55.5 Å². The molecule has 7 nitrogen and oxygen atoms in total. The first-order chi connectivity index (χ1) is 15.3. The highest BCUT2D eigenvalue weighted by Crippen LogP contribution is 2.29. The molecular formula is C23H20FN3O4S. The molecule has 0 saturated carbocycles. The van der Waals surface area contributed by atoms with E-state index in [-0.39, 0.29) is 17.8 Å². The number of rotatable bonds is 6. The predicted molar refractivity (Wildman–Crippen MR) is 122 cm³/mol. The van der Waals surface area contributed by atoms with Crippen LogP contribution in [0.4, 0.5) is 10.1 Å². The average molecular weight is 453 g/mol. The van der Waals surface area contributed by atoms with Crippen LogP contribution in [-0.2, 0) is 10.3 Å². The zero-order valence-corrected chi connectivity index (χ0v) is 18.0. The molecule has 164 valence electrons. The molecule has 0 aliphatic rings. The van der Waals surface area contributed by atoms with Crippen molar-refractivity contribution in [1.29, 1.82) is 0 Å². The number of benzene rings is 3. The maximum atomic E-state index is 13.4. The van der Waals surface area contributed by atoms with Crippen LogP contribution in [0.5, 0.6) is 0 Å². The van der Waals surface area contributed by atoms with Gasteiger partial charge in [-0.2, -0.15) is 18.2 Å². The fourth-order valence-corrected chi connectivity index (χ4v) is 4.34. The summed E-state index contributed by atoms with van der Waals surface area (Å²) in [5.41, 5.74) is 1.30. The minimum atomic E-state index is -4.46. The quantitative estimate of drug-likeness (QED) is 0.442. The molecule has 0 bridgehead atoms. The van der Waals surface area contributed by atoms with Crippen molar-refractivity contribution < 1.29 is 17.4 Å². The van der Waals surface area contributed by atoms with Crippen LogP contribution in [0.2, 0.25) is 0 Å². The molecule has 0 unspecified atom stereocenters. The third-order valence-corrected chi connectivity index (χ3v) is 5.94. The van der Waals surface area contributed by atoms with Gasteiger partial charge in [-0.25, -0.2) is 8.70 Å². The third-order valence-electron chi connectivity index (χ3n) is 4.99. The van der Waals surface area contributed by atoms with Gasteiger partial charge >= 0.3 is 10.3 Å². The van der Waals surface area contributed by atoms with Crippen LogP contribution >= 0.6 is 0 Å². The van der Waals surface area contributed by atoms with Gasteiger partial charge in [0.15, 0.2) is 0 Å². The molecule has 9 heteroatoms. The lowest BCUT2D eigenvalue weighted by molar-refractivity contribution is 0.477. The number of halogens is 1. The van der Waals surface area contributed by atoms with E-state index < -0.39 is 16.1 Å². The Balaban J connectivity index is 1.96. The topological polar surface area (TPSA) is 92.5 Å². The van der Waals surface area contributed by atoms with Crippen LogP contribution in [0.15, 0.2) is 77.6 Å². The van der Waals surface area contributed by atoms with Gasteiger partial charge in [-0.15, -0.1) is 0 Å². The summed E-state index contributed by atoms with van der Waals surface area (Å²) >= 11 is 0. The van der Waals surface area contributed by atoms with Crippen LogP contribution in [0, 0.1) is 5.82 Å². The first-order valence-electron chi connectivity index (χ1n) is 9.93. The van der Waals surface area contributed by atoms with E-state index in [1.807, 2.05) is 0 Å². The van der Waals surface area contributed by atoms with Crippen molar-refractivity contribution >= 4 is 26.8 Å². The second-order valence-electron chi connectivity index (χ2n) is 7.19. The minimum Gasteiger partial charge on any atom is -0.269 e. The molecule has 1 aromatic heterocycles. The average Bonchev–Trinajstić information content (AvgIpc) is 2.78. The fourth-order valence-electron chi connectivity index (χ4n) is 3.55. The lowest BCUT2D eigenvalue weighted by Gasteiger charge is -2.21. The Labute approximate surface area is 184 Å². The van der Waals surface area contributed by atoms with E-state index in [4.69, 9.17) is 0 Å². The normalized spacial score (nSPS) is 11.6. The van der Waals surface area contributed by atoms with Gasteiger partial charge in [0.25, 0.3) is 5.56 Å². The van der Waals surface area contributed by atoms with Gasteiger partial charge in [0.2, 0.25) is 0 Å². The lowest BCUT2D eigenvalue weighted by Crippen LogP contribution is -2.31. The van der Waals surface area contributed by atoms with E-state index >= 15 is 0 Å². The number of hydrogen-bond acceptors (Lipinski definition) is 4. The van der Waals surface area contributed by atoms with Gasteiger partial charge in [-0.3, -0.25) is 9.35 Å². The van der Waals surface area contributed by atoms with E-state index in [0.717, 1.165) is 4.31 Å². The predicted octanol–water partition coefficient (Wildman–Crippen LogP) is 4.21. The zero-order chi connectivity index (χ0) is 22.9. The maximum absolute atomic E-state index is 13.4. The SMILES string of the molecule is CCCN(c1cccc(-c2nn(-c3ccc(F)cc3)c(=O)c3ccccc23)c1)S(=O)(=O)O. The molecular weight excluding hydrogens is 433 g/mol. The van der Waals surface area contributed by atoms with Crippen LogP contribution in [0.1, 0.15) is 13.3 Å². The molecule has 4 rings (SSSR count). The van der Waals surface area contributed by atoms with Crippen LogP contribution in [-0.4, -0.2) is 29.3 Å². The number of aromatic nitrogens is 2. The molecule has 0 fully saturated rings. The van der Waals surface area contributed by atoms with Crippen LogP contribution in [0.3, 0.4) is 0 Å². The first kappa shape index (κ1) is 21.7. The summed E-state index contributed by atoms with van der Waals surface area (Å²) < 4.78 is 48.9. The Morgan fingerprint density at radius 1 is 1.00 bits per heavy atom. The highest BCUT2D eigenvalue weighted by Gasteiger charge is 2.20. The molecule has 0 aliphatic heterocycles. The van der Waals surface area contributed by atoms with Crippen molar-refractivity contribution in [2.45, 2.75) is 13.3 Å². The van der Waals surface area contributed by atoms with Crippen LogP contribution in [0.25, 0.3) is 27.7 Å². The molecule has 0 aliphatic carbocycles. The van der Waals surface area contributed by atoms with Gasteiger partial charge in [0, 0.05) is 17.5 Å². The Kier molecular flexibility index (Phi) is 5.77. The van der Waals surface area contributed by atoms with Crippen molar-refractivity contribution in [1.82, 2.24) is 9.78 Å². The van der Waals surface area contributed by atoms with E-state index in [9.17, 15) is 22.2 Å². The van der Waals surface area contributed by atoms with Crippen molar-refractivity contribution in [2.24, 2.45) is 0 Å². The molecule has 0 radical (unpaired) electrons. The monoisotopic (exact) mass is 453 g/mol. The van der Waals surface area contributed by atoms with Gasteiger partial charge in [-0.05, 0) is 48.9 Å². The summed E-state index contributed by atoms with van der Waals surface area (Å²) in [6.07, 6.45) is 0.501. The Morgan fingerprint density at radius 3 is 2.34 bits per heavy atom. The summed E-state index contributed by atoms with van der Waals surface area (Å²) in [5.74, 6) is -0.434. The number of fused-ring (bicyclic) bond motifs is 1. The van der Waals surface area contributed by atoms with E-state index in [1.165, 1.54) is 28.9 Å². The molecule has 0 spiro atoms. The Morgan fingerprint density at radius 2 is 1.69 bits per heavy atom. The van der Waals surface area contributed by atoms with E-state index in [0.29, 0.717) is 34.1 Å². The molecule has 3 aromatic carbocycles. The van der Waals surface area contributed by atoms with Gasteiger partial charge in [-0.1, -0.05) is 37.3 Å². The minimum absolute atomic E-state index is 0.103. The van der Waals surface area contributed by atoms with Crippen molar-refractivity contribution in [3.63, 3.8) is 0 Å². The summed E-state index contributed by atoms with van der Waals surface area (Å²) in [4.78, 5) is 13.1. The van der Waals surface area contributed by atoms with Crippen molar-refractivity contribution in [3.8, 4) is 16.9 Å². The standard InChI is InChI=1S/C23H20FN3O4S/c1-2-14-26(32(29,30)31)19-7-5-6-16(15-19)22-20-8-3-4-9-21(20)23(28)27(25-22)18-12-10-17(24)11-13-18/h3-13,15H,2,14H2,1H3,(H,29,30,31). The summed E-state index contributed by atoms with van der Waals surface area (Å²) in [6.45, 7) is 1.90. The van der Waals surface area contributed by atoms with Gasteiger partial charge < -0.3 is 0 Å². The first-order valence-corrected chi connectivity index (χ1v) is 11.3. The number of hydrogen-bond donors (Lipinski definition) is 1. The van der Waals surface area contributed by atoms with E-state index in [2.05, 4.69) is 5.10 Å². The molecule has 4 aromatic rings. The fraction of sp³-hybridized carbons (Fsp3) is 0.130. The summed E-state index contributed by atoms with van der Waals surface area (Å²) in [6, 6.07) is 18.9. The molecule has 0 amide bonds. The Hall–Kier alpha value is -3.56. The summed E-state index contributed by atoms with van der Waals surface area (Å²) in [7, 11) is -4.46. The van der Waals surface area contributed by atoms with Crippen molar-refractivity contribution in [2.75, 3.05) is 10.8 Å². The van der Waals surface area contributed by atoms with Gasteiger partial charge in [0.05, 0.1) is 22.5 Å². The molecule has 1 heterocycles. The second kappa shape index (κ2) is 8.52. The lowest BCUT2D eigenvalue weighted by atomic mass is 10.0. The zero-order valence-electron chi connectivity index (χ0n) is 17.1. The molecule has 0 saturated heterocycles. The number of anilines is 1. The highest BCUT2D eigenvalue weighted by atomic mass is 32.2. The smallest absolute Gasteiger partial charge is 0.269 e. The van der Waals surface area contributed by atoms with Gasteiger partial charge in [0.1, 0.15) is 5.82 Å². The van der Waals surface area contributed by atoms with Crippen molar-refractivity contribution in [3.05, 3.63) is 89.0 Å². The van der Waals surface area contributed by atoms with Crippen LogP contribution < -0.4 is 9.86 Å². The molecule has 1 N–H and O–H groups in total. The Bertz CT molecular complexity index is 1450. The molecule has 0 atom stereocenters. The molecule has 32 heavy (non-hydrogen) atoms. The third kappa shape index (κ3) is 4.12. The maximum Gasteiger partial charge on any atom is 0.359 e. The number of nitrogens with zero attached hydrogens (tertiary/aromatic N) is 3. The second-order valence-corrected chi connectivity index (χ2v) is 8.52. The largest absolute Gasteiger partial charge is 0.359 e. The highest BCUT2D eigenvalue weighted by molar-refractivity contribution is 7.87. The summed E-state index contributed by atoms with van der Waals surface area (Å²) in [5, 5.41) is 5.53.